The van der Waals surface area contributed by atoms with Crippen molar-refractivity contribution in [2.24, 2.45) is 0 Å². The highest BCUT2D eigenvalue weighted by molar-refractivity contribution is 9.11. The molecule has 94 valence electrons. The van der Waals surface area contributed by atoms with Crippen LogP contribution in [-0.2, 0) is 6.42 Å². The maximum absolute atomic E-state index is 5.23. The predicted octanol–water partition coefficient (Wildman–Crippen LogP) is 5.05. The molecule has 0 aliphatic carbocycles. The highest BCUT2D eigenvalue weighted by Gasteiger charge is 2.11. The van der Waals surface area contributed by atoms with Gasteiger partial charge < -0.3 is 4.98 Å². The van der Waals surface area contributed by atoms with Gasteiger partial charge in [-0.1, -0.05) is 19.1 Å². The van der Waals surface area contributed by atoms with Crippen LogP contribution in [0.2, 0.25) is 0 Å². The van der Waals surface area contributed by atoms with Crippen molar-refractivity contribution >= 4 is 60.0 Å². The fraction of sp³-hybridized carbons (Fsp3) is 0.182. The average Bonchev–Trinajstić information content (AvgIpc) is 2.32. The molecule has 2 rings (SSSR count). The first-order valence-electron chi connectivity index (χ1n) is 5.13. The molecule has 0 amide bonds. The van der Waals surface area contributed by atoms with Gasteiger partial charge in [0.15, 0.2) is 5.82 Å². The summed E-state index contributed by atoms with van der Waals surface area (Å²) in [5, 5.41) is 0. The molecule has 0 saturated heterocycles. The van der Waals surface area contributed by atoms with Crippen LogP contribution < -0.4 is 0 Å². The zero-order valence-electron chi connectivity index (χ0n) is 9.30. The van der Waals surface area contributed by atoms with Gasteiger partial charge in [0.2, 0.25) is 0 Å². The molecule has 0 spiro atoms. The van der Waals surface area contributed by atoms with Gasteiger partial charge >= 0.3 is 0 Å². The monoisotopic (exact) mass is 451 g/mol. The lowest BCUT2D eigenvalue weighted by molar-refractivity contribution is 0.975. The molecule has 0 atom stereocenters. The number of nitrogens with one attached hydrogen (secondary N) is 1. The molecule has 7 heteroatoms. The maximum atomic E-state index is 5.23. The van der Waals surface area contributed by atoms with Crippen LogP contribution in [0, 0.1) is 4.64 Å². The molecule has 2 aromatic rings. The smallest absolute Gasteiger partial charge is 0.159 e. The Morgan fingerprint density at radius 2 is 2.06 bits per heavy atom. The molecule has 0 fully saturated rings. The van der Waals surface area contributed by atoms with Gasteiger partial charge in [0.1, 0.15) is 10.3 Å². The van der Waals surface area contributed by atoms with Crippen molar-refractivity contribution in [3.8, 4) is 11.5 Å². The van der Waals surface area contributed by atoms with E-state index in [-0.39, 0.29) is 0 Å². The zero-order valence-corrected chi connectivity index (χ0v) is 14.9. The molecular weight excluding hydrogens is 446 g/mol. The minimum Gasteiger partial charge on any atom is -0.341 e. The molecular formula is C11H8Br3N3S. The van der Waals surface area contributed by atoms with Crippen LogP contribution in [0.15, 0.2) is 25.7 Å². The number of rotatable bonds is 2. The second kappa shape index (κ2) is 5.90. The highest BCUT2D eigenvalue weighted by Crippen LogP contribution is 2.27. The summed E-state index contributed by atoms with van der Waals surface area (Å²) in [4.78, 5) is 11.9. The Bertz CT molecular complexity index is 654. The minimum absolute atomic E-state index is 0.539. The first kappa shape index (κ1) is 14.3. The van der Waals surface area contributed by atoms with E-state index >= 15 is 0 Å². The maximum Gasteiger partial charge on any atom is 0.159 e. The van der Waals surface area contributed by atoms with Gasteiger partial charge in [-0.25, -0.2) is 4.98 Å². The number of halogens is 3. The first-order valence-corrected chi connectivity index (χ1v) is 7.91. The van der Waals surface area contributed by atoms with E-state index in [1.807, 2.05) is 6.07 Å². The van der Waals surface area contributed by atoms with Crippen LogP contribution in [0.4, 0.5) is 0 Å². The lowest BCUT2D eigenvalue weighted by atomic mass is 10.3. The Morgan fingerprint density at radius 1 is 1.33 bits per heavy atom. The number of nitrogens with zero attached hydrogens (tertiary/aromatic N) is 2. The molecule has 0 aliphatic heterocycles. The molecule has 1 N–H and O–H groups in total. The van der Waals surface area contributed by atoms with Crippen molar-refractivity contribution in [3.63, 3.8) is 0 Å². The van der Waals surface area contributed by atoms with Crippen LogP contribution in [-0.4, -0.2) is 15.0 Å². The summed E-state index contributed by atoms with van der Waals surface area (Å²) < 4.78 is 3.15. The first-order chi connectivity index (χ1) is 8.52. The largest absolute Gasteiger partial charge is 0.341 e. The second-order valence-electron chi connectivity index (χ2n) is 3.52. The molecule has 3 nitrogen and oxygen atoms in total. The van der Waals surface area contributed by atoms with Crippen molar-refractivity contribution in [3.05, 3.63) is 36.0 Å². The molecule has 18 heavy (non-hydrogen) atoms. The summed E-state index contributed by atoms with van der Waals surface area (Å²) in [5.74, 6) is 0.666. The normalized spacial score (nSPS) is 10.7. The Kier molecular flexibility index (Phi) is 4.69. The van der Waals surface area contributed by atoms with Crippen molar-refractivity contribution < 1.29 is 0 Å². The van der Waals surface area contributed by atoms with E-state index in [2.05, 4.69) is 69.7 Å². The highest BCUT2D eigenvalue weighted by atomic mass is 79.9. The Hall–Kier alpha value is -0.110. The summed E-state index contributed by atoms with van der Waals surface area (Å²) >= 11 is 15.5. The molecule has 0 saturated carbocycles. The van der Waals surface area contributed by atoms with E-state index in [0.717, 1.165) is 31.2 Å². The molecule has 0 unspecified atom stereocenters. The molecule has 0 radical (unpaired) electrons. The van der Waals surface area contributed by atoms with Crippen molar-refractivity contribution in [1.29, 1.82) is 0 Å². The van der Waals surface area contributed by atoms with E-state index < -0.39 is 0 Å². The summed E-state index contributed by atoms with van der Waals surface area (Å²) in [5.41, 5.74) is 1.76. The molecule has 2 heterocycles. The third-order valence-corrected chi connectivity index (χ3v) is 4.77. The molecule has 0 aliphatic rings. The second-order valence-corrected chi connectivity index (χ2v) is 6.47. The van der Waals surface area contributed by atoms with Crippen LogP contribution >= 0.6 is 60.0 Å². The summed E-state index contributed by atoms with van der Waals surface area (Å²) in [7, 11) is 0. The number of hydrogen-bond donors (Lipinski definition) is 1. The number of aryl methyl sites for hydroxylation is 1. The van der Waals surface area contributed by atoms with Crippen LogP contribution in [0.1, 0.15) is 12.6 Å². The summed E-state index contributed by atoms with van der Waals surface area (Å²) in [6.45, 7) is 2.05. The van der Waals surface area contributed by atoms with Crippen molar-refractivity contribution in [2.45, 2.75) is 13.3 Å². The van der Waals surface area contributed by atoms with Gasteiger partial charge in [0.05, 0.1) is 4.47 Å². The lowest BCUT2D eigenvalue weighted by Gasteiger charge is -2.08. The van der Waals surface area contributed by atoms with E-state index in [9.17, 15) is 0 Å². The van der Waals surface area contributed by atoms with E-state index in [1.165, 1.54) is 0 Å². The number of aromatic amines is 1. The van der Waals surface area contributed by atoms with Gasteiger partial charge in [0.25, 0.3) is 0 Å². The number of pyridine rings is 1. The van der Waals surface area contributed by atoms with Gasteiger partial charge in [-0.05, 0) is 60.3 Å². The fourth-order valence-electron chi connectivity index (χ4n) is 1.45. The van der Waals surface area contributed by atoms with E-state index in [4.69, 9.17) is 12.2 Å². The minimum atomic E-state index is 0.539. The third kappa shape index (κ3) is 2.89. The third-order valence-electron chi connectivity index (χ3n) is 2.32. The average molecular weight is 454 g/mol. The van der Waals surface area contributed by atoms with Gasteiger partial charge in [-0.15, -0.1) is 0 Å². The zero-order chi connectivity index (χ0) is 13.3. The van der Waals surface area contributed by atoms with Crippen LogP contribution in [0.3, 0.4) is 0 Å². The molecule has 2 aromatic heterocycles. The Morgan fingerprint density at radius 3 is 2.67 bits per heavy atom. The van der Waals surface area contributed by atoms with Gasteiger partial charge in [-0.2, -0.15) is 0 Å². The molecule has 0 aromatic carbocycles. The fourth-order valence-corrected chi connectivity index (χ4v) is 3.31. The number of hydrogen-bond acceptors (Lipinski definition) is 3. The standard InChI is InChI=1S/C11H8Br3N3S/c1-2-7-8(14)11(18)17-10(16-7)9-6(13)3-5(12)4-15-9/h3-4H,2H2,1H3,(H,16,17,18). The van der Waals surface area contributed by atoms with Crippen molar-refractivity contribution in [1.82, 2.24) is 15.0 Å². The Labute approximate surface area is 135 Å². The summed E-state index contributed by atoms with van der Waals surface area (Å²) in [6, 6.07) is 1.93. The van der Waals surface area contributed by atoms with Crippen LogP contribution in [0.5, 0.6) is 0 Å². The molecule has 0 bridgehead atoms. The van der Waals surface area contributed by atoms with Gasteiger partial charge in [0, 0.05) is 20.8 Å². The lowest BCUT2D eigenvalue weighted by Crippen LogP contribution is -1.99. The quantitative estimate of drug-likeness (QED) is 0.647. The van der Waals surface area contributed by atoms with Gasteiger partial charge in [-0.3, -0.25) is 4.98 Å². The predicted molar refractivity (Wildman–Crippen MR) is 85.1 cm³/mol. The Balaban J connectivity index is 2.64. The van der Waals surface area contributed by atoms with Crippen molar-refractivity contribution in [2.75, 3.05) is 0 Å². The SMILES string of the molecule is CCc1[nH]c(-c2ncc(Br)cc2Br)nc(=S)c1Br. The topological polar surface area (TPSA) is 41.6 Å². The van der Waals surface area contributed by atoms with E-state index in [1.54, 1.807) is 6.20 Å². The number of aromatic nitrogens is 3. The van der Waals surface area contributed by atoms with Crippen LogP contribution in [0.25, 0.3) is 11.5 Å². The summed E-state index contributed by atoms with van der Waals surface area (Å²) in [6.07, 6.45) is 2.57. The number of H-pyrrole nitrogens is 1. The van der Waals surface area contributed by atoms with E-state index in [0.29, 0.717) is 10.5 Å².